The second-order valence-electron chi connectivity index (χ2n) is 5.97. The number of carbonyl (C=O) groups excluding carboxylic acids is 1. The molecule has 11 heteroatoms. The number of halogens is 4. The van der Waals surface area contributed by atoms with E-state index in [0.29, 0.717) is 9.48 Å². The molecular formula is C17H11BrF3N3O4. The van der Waals surface area contributed by atoms with Gasteiger partial charge in [0.2, 0.25) is 0 Å². The van der Waals surface area contributed by atoms with E-state index in [9.17, 15) is 33.2 Å². The highest BCUT2D eigenvalue weighted by molar-refractivity contribution is 9.10. The summed E-state index contributed by atoms with van der Waals surface area (Å²) in [6.07, 6.45) is -5.87. The first-order chi connectivity index (χ1) is 13.0. The maximum Gasteiger partial charge on any atom is 0.431 e. The summed E-state index contributed by atoms with van der Waals surface area (Å²) >= 11 is 3.16. The number of hydrogen-bond acceptors (Lipinski definition) is 5. The van der Waals surface area contributed by atoms with E-state index in [1.165, 1.54) is 18.2 Å². The third-order valence-electron chi connectivity index (χ3n) is 4.12. The number of nitro groups is 1. The van der Waals surface area contributed by atoms with E-state index >= 15 is 0 Å². The molecule has 2 aromatic rings. The first-order valence-electron chi connectivity index (χ1n) is 7.74. The molecule has 7 nitrogen and oxygen atoms in total. The maximum atomic E-state index is 13.2. The Morgan fingerprint density at radius 3 is 2.43 bits per heavy atom. The summed E-state index contributed by atoms with van der Waals surface area (Å²) in [5, 5.41) is 25.5. The summed E-state index contributed by atoms with van der Waals surface area (Å²) in [5.74, 6) is -0.957. The van der Waals surface area contributed by atoms with Gasteiger partial charge < -0.3 is 5.11 Å². The minimum absolute atomic E-state index is 0.00175. The number of hydrogen-bond donors (Lipinski definition) is 1. The van der Waals surface area contributed by atoms with Gasteiger partial charge in [-0.2, -0.15) is 23.3 Å². The number of benzene rings is 2. The van der Waals surface area contributed by atoms with Gasteiger partial charge in [-0.3, -0.25) is 14.9 Å². The highest BCUT2D eigenvalue weighted by Crippen LogP contribution is 2.40. The molecule has 1 amide bonds. The molecule has 3 rings (SSSR count). The number of nitrogens with zero attached hydrogens (tertiary/aromatic N) is 3. The predicted molar refractivity (Wildman–Crippen MR) is 95.4 cm³/mol. The average Bonchev–Trinajstić information content (AvgIpc) is 3.00. The lowest BCUT2D eigenvalue weighted by Gasteiger charge is -2.31. The molecule has 0 aliphatic carbocycles. The summed E-state index contributed by atoms with van der Waals surface area (Å²) < 4.78 is 40.2. The number of nitro benzene ring substituents is 1. The number of carbonyl (C=O) groups is 1. The largest absolute Gasteiger partial charge is 0.431 e. The number of rotatable bonds is 3. The lowest BCUT2D eigenvalue weighted by atomic mass is 9.96. The highest BCUT2D eigenvalue weighted by Gasteiger charge is 2.53. The molecule has 0 saturated carbocycles. The van der Waals surface area contributed by atoms with Crippen molar-refractivity contribution in [2.45, 2.75) is 18.3 Å². The number of amides is 1. The molecule has 1 atom stereocenters. The van der Waals surface area contributed by atoms with E-state index in [0.717, 1.165) is 24.3 Å². The molecule has 1 heterocycles. The van der Waals surface area contributed by atoms with Crippen molar-refractivity contribution in [1.82, 2.24) is 5.01 Å². The van der Waals surface area contributed by atoms with Crippen molar-refractivity contribution in [2.24, 2.45) is 5.10 Å². The first kappa shape index (κ1) is 20.0. The van der Waals surface area contributed by atoms with Crippen molar-refractivity contribution in [3.63, 3.8) is 0 Å². The van der Waals surface area contributed by atoms with E-state index in [1.807, 2.05) is 0 Å². The molecule has 0 fully saturated rings. The summed E-state index contributed by atoms with van der Waals surface area (Å²) in [5.41, 5.74) is -4.23. The fourth-order valence-corrected chi connectivity index (χ4v) is 3.13. The van der Waals surface area contributed by atoms with Crippen LogP contribution in [0.3, 0.4) is 0 Å². The Hall–Kier alpha value is -2.79. The highest BCUT2D eigenvalue weighted by atomic mass is 79.9. The summed E-state index contributed by atoms with van der Waals surface area (Å²) in [6, 6.07) is 10.1. The van der Waals surface area contributed by atoms with Crippen molar-refractivity contribution < 1.29 is 28.0 Å². The quantitative estimate of drug-likeness (QED) is 0.557. The molecule has 2 aromatic carbocycles. The van der Waals surface area contributed by atoms with Crippen LogP contribution in [0.4, 0.5) is 18.9 Å². The average molecular weight is 458 g/mol. The standard InChI is InChI=1S/C17H11BrF3N3O4/c18-12-3-1-2-10(8-12)15(25)23-16(26,9-14(22-23)17(19,20)21)11-4-6-13(7-5-11)24(27)28/h1-8,26H,9H2/t16-/m1/s1. The van der Waals surface area contributed by atoms with Crippen molar-refractivity contribution in [2.75, 3.05) is 0 Å². The molecule has 1 N–H and O–H groups in total. The molecule has 146 valence electrons. The Balaban J connectivity index is 2.07. The lowest BCUT2D eigenvalue weighted by molar-refractivity contribution is -0.384. The van der Waals surface area contributed by atoms with E-state index in [2.05, 4.69) is 21.0 Å². The van der Waals surface area contributed by atoms with Gasteiger partial charge in [0.25, 0.3) is 11.6 Å². The predicted octanol–water partition coefficient (Wildman–Crippen LogP) is 3.97. The Labute approximate surface area is 164 Å². The third kappa shape index (κ3) is 3.62. The molecule has 1 aliphatic heterocycles. The van der Waals surface area contributed by atoms with Crippen molar-refractivity contribution in [1.29, 1.82) is 0 Å². The molecular weight excluding hydrogens is 447 g/mol. The normalized spacial score (nSPS) is 19.5. The first-order valence-corrected chi connectivity index (χ1v) is 8.54. The van der Waals surface area contributed by atoms with Gasteiger partial charge in [-0.25, -0.2) is 0 Å². The van der Waals surface area contributed by atoms with Gasteiger partial charge >= 0.3 is 6.18 Å². The van der Waals surface area contributed by atoms with Crippen molar-refractivity contribution >= 4 is 33.2 Å². The monoisotopic (exact) mass is 457 g/mol. The molecule has 0 saturated heterocycles. The van der Waals surface area contributed by atoms with E-state index in [1.54, 1.807) is 6.07 Å². The lowest BCUT2D eigenvalue weighted by Crippen LogP contribution is -2.43. The Kier molecular flexibility index (Phi) is 4.98. The number of aliphatic hydroxyl groups is 1. The fraction of sp³-hybridized carbons (Fsp3) is 0.176. The smallest absolute Gasteiger partial charge is 0.365 e. The number of hydrazone groups is 1. The van der Waals surface area contributed by atoms with Crippen molar-refractivity contribution in [3.8, 4) is 0 Å². The van der Waals surface area contributed by atoms with Gasteiger partial charge in [-0.15, -0.1) is 0 Å². The SMILES string of the molecule is O=C(c1cccc(Br)c1)N1N=C(C(F)(F)F)C[C@@]1(O)c1ccc([N+](=O)[O-])cc1. The van der Waals surface area contributed by atoms with Crippen LogP contribution in [-0.2, 0) is 5.72 Å². The minimum atomic E-state index is -4.86. The summed E-state index contributed by atoms with van der Waals surface area (Å²) in [6.45, 7) is 0. The van der Waals surface area contributed by atoms with Gasteiger partial charge in [-0.05, 0) is 30.3 Å². The van der Waals surface area contributed by atoms with Crippen LogP contribution < -0.4 is 0 Å². The van der Waals surface area contributed by atoms with Crippen LogP contribution in [-0.4, -0.2) is 32.8 Å². The van der Waals surface area contributed by atoms with E-state index < -0.39 is 34.9 Å². The van der Waals surface area contributed by atoms with Gasteiger partial charge in [0.05, 0.1) is 11.3 Å². The molecule has 0 aromatic heterocycles. The zero-order valence-corrected chi connectivity index (χ0v) is 15.4. The molecule has 0 unspecified atom stereocenters. The van der Waals surface area contributed by atoms with Gasteiger partial charge in [-0.1, -0.05) is 22.0 Å². The summed E-state index contributed by atoms with van der Waals surface area (Å²) in [4.78, 5) is 22.9. The van der Waals surface area contributed by atoms with Gasteiger partial charge in [0.15, 0.2) is 5.72 Å². The van der Waals surface area contributed by atoms with Crippen molar-refractivity contribution in [3.05, 3.63) is 74.2 Å². The number of alkyl halides is 3. The molecule has 28 heavy (non-hydrogen) atoms. The molecule has 0 radical (unpaired) electrons. The van der Waals surface area contributed by atoms with Crippen LogP contribution in [0.5, 0.6) is 0 Å². The van der Waals surface area contributed by atoms with Crippen LogP contribution in [0.15, 0.2) is 58.1 Å². The van der Waals surface area contributed by atoms with Crippen LogP contribution >= 0.6 is 15.9 Å². The Bertz CT molecular complexity index is 978. The summed E-state index contributed by atoms with van der Waals surface area (Å²) in [7, 11) is 0. The van der Waals surface area contributed by atoms with E-state index in [4.69, 9.17) is 0 Å². The van der Waals surface area contributed by atoms with Gasteiger partial charge in [0.1, 0.15) is 5.71 Å². The Morgan fingerprint density at radius 2 is 1.89 bits per heavy atom. The minimum Gasteiger partial charge on any atom is -0.365 e. The zero-order valence-electron chi connectivity index (χ0n) is 13.9. The third-order valence-corrected chi connectivity index (χ3v) is 4.61. The van der Waals surface area contributed by atoms with Crippen LogP contribution in [0, 0.1) is 10.1 Å². The fourth-order valence-electron chi connectivity index (χ4n) is 2.74. The second kappa shape index (κ2) is 6.99. The van der Waals surface area contributed by atoms with Crippen LogP contribution in [0.25, 0.3) is 0 Å². The molecule has 1 aliphatic rings. The van der Waals surface area contributed by atoms with E-state index in [-0.39, 0.29) is 16.8 Å². The second-order valence-corrected chi connectivity index (χ2v) is 6.88. The maximum absolute atomic E-state index is 13.2. The van der Waals surface area contributed by atoms with Crippen LogP contribution in [0.2, 0.25) is 0 Å². The number of non-ortho nitro benzene ring substituents is 1. The Morgan fingerprint density at radius 1 is 1.25 bits per heavy atom. The molecule has 0 spiro atoms. The zero-order chi connectivity index (χ0) is 20.7. The van der Waals surface area contributed by atoms with Gasteiger partial charge in [0, 0.05) is 27.7 Å². The van der Waals surface area contributed by atoms with Crippen LogP contribution in [0.1, 0.15) is 22.3 Å². The molecule has 0 bridgehead atoms. The topological polar surface area (TPSA) is 96.0 Å².